The van der Waals surface area contributed by atoms with Crippen molar-refractivity contribution in [2.24, 2.45) is 0 Å². The van der Waals surface area contributed by atoms with E-state index in [9.17, 15) is 4.39 Å². The molecule has 0 aliphatic carbocycles. The van der Waals surface area contributed by atoms with Crippen LogP contribution in [-0.2, 0) is 6.54 Å². The highest BCUT2D eigenvalue weighted by molar-refractivity contribution is 9.10. The average molecular weight is 353 g/mol. The number of nitrogens with zero attached hydrogens (tertiary/aromatic N) is 1. The highest BCUT2D eigenvalue weighted by atomic mass is 79.9. The van der Waals surface area contributed by atoms with Gasteiger partial charge in [-0.15, -0.1) is 0 Å². The molecule has 1 aromatic heterocycles. The number of ether oxygens (including phenoxy) is 1. The molecule has 0 aliphatic rings. The fourth-order valence-corrected chi connectivity index (χ4v) is 2.26. The van der Waals surface area contributed by atoms with E-state index in [1.165, 1.54) is 6.07 Å². The van der Waals surface area contributed by atoms with E-state index in [1.54, 1.807) is 12.1 Å². The van der Waals surface area contributed by atoms with Crippen LogP contribution in [0.2, 0.25) is 0 Å². The Labute approximate surface area is 132 Å². The molecule has 0 atom stereocenters. The van der Waals surface area contributed by atoms with Gasteiger partial charge in [0, 0.05) is 18.3 Å². The predicted molar refractivity (Wildman–Crippen MR) is 85.3 cm³/mol. The molecule has 0 saturated heterocycles. The highest BCUT2D eigenvalue weighted by Crippen LogP contribution is 2.27. The van der Waals surface area contributed by atoms with E-state index in [0.717, 1.165) is 17.8 Å². The standard InChI is InChI=1S/C16H18BrFN2O/c1-10(2)15-6-11(9-19-3)7-16(20-15)21-12-4-5-14(18)13(17)8-12/h4-8,10,19H,9H2,1-3H3. The lowest BCUT2D eigenvalue weighted by Gasteiger charge is -2.12. The zero-order valence-electron chi connectivity index (χ0n) is 12.3. The van der Waals surface area contributed by atoms with Crippen molar-refractivity contribution in [2.75, 3.05) is 7.05 Å². The van der Waals surface area contributed by atoms with Gasteiger partial charge >= 0.3 is 0 Å². The number of pyridine rings is 1. The molecule has 0 fully saturated rings. The van der Waals surface area contributed by atoms with Crippen LogP contribution in [0, 0.1) is 5.82 Å². The summed E-state index contributed by atoms with van der Waals surface area (Å²) in [5.74, 6) is 1.06. The smallest absolute Gasteiger partial charge is 0.219 e. The second kappa shape index (κ2) is 7.00. The van der Waals surface area contributed by atoms with Gasteiger partial charge in [-0.25, -0.2) is 9.37 Å². The van der Waals surface area contributed by atoms with E-state index in [2.05, 4.69) is 46.1 Å². The van der Waals surface area contributed by atoms with Crippen molar-refractivity contribution in [3.8, 4) is 11.6 Å². The molecular weight excluding hydrogens is 335 g/mol. The Kier molecular flexibility index (Phi) is 5.31. The summed E-state index contributed by atoms with van der Waals surface area (Å²) in [5.41, 5.74) is 2.08. The maximum absolute atomic E-state index is 13.2. The number of halogens is 2. The lowest BCUT2D eigenvalue weighted by Crippen LogP contribution is -2.07. The van der Waals surface area contributed by atoms with E-state index in [-0.39, 0.29) is 5.82 Å². The van der Waals surface area contributed by atoms with Crippen molar-refractivity contribution in [3.63, 3.8) is 0 Å². The minimum absolute atomic E-state index is 0.309. The van der Waals surface area contributed by atoms with Gasteiger partial charge in [-0.1, -0.05) is 13.8 Å². The minimum Gasteiger partial charge on any atom is -0.439 e. The van der Waals surface area contributed by atoms with Gasteiger partial charge in [0.2, 0.25) is 5.88 Å². The number of hydrogen-bond donors (Lipinski definition) is 1. The van der Waals surface area contributed by atoms with Crippen LogP contribution < -0.4 is 10.1 Å². The fourth-order valence-electron chi connectivity index (χ4n) is 1.90. The van der Waals surface area contributed by atoms with Gasteiger partial charge in [0.15, 0.2) is 0 Å². The number of hydrogen-bond acceptors (Lipinski definition) is 3. The second-order valence-corrected chi connectivity index (χ2v) is 5.96. The molecule has 0 spiro atoms. The summed E-state index contributed by atoms with van der Waals surface area (Å²) in [5, 5.41) is 3.12. The number of aromatic nitrogens is 1. The number of rotatable bonds is 5. The van der Waals surface area contributed by atoms with Gasteiger partial charge in [0.05, 0.1) is 4.47 Å². The summed E-state index contributed by atoms with van der Waals surface area (Å²) in [6, 6.07) is 8.49. The summed E-state index contributed by atoms with van der Waals surface area (Å²) in [6.07, 6.45) is 0. The summed E-state index contributed by atoms with van der Waals surface area (Å²) in [4.78, 5) is 4.50. The molecule has 0 unspecified atom stereocenters. The molecule has 21 heavy (non-hydrogen) atoms. The summed E-state index contributed by atoms with van der Waals surface area (Å²) in [6.45, 7) is 4.92. The molecular formula is C16H18BrFN2O. The van der Waals surface area contributed by atoms with Crippen molar-refractivity contribution < 1.29 is 9.13 Å². The molecule has 3 nitrogen and oxygen atoms in total. The first-order valence-corrected chi connectivity index (χ1v) is 7.57. The monoisotopic (exact) mass is 352 g/mol. The third-order valence-electron chi connectivity index (χ3n) is 2.97. The summed E-state index contributed by atoms with van der Waals surface area (Å²) >= 11 is 3.15. The van der Waals surface area contributed by atoms with E-state index in [1.807, 2.05) is 13.1 Å². The first-order chi connectivity index (χ1) is 9.99. The topological polar surface area (TPSA) is 34.1 Å². The predicted octanol–water partition coefficient (Wildman–Crippen LogP) is 4.62. The zero-order chi connectivity index (χ0) is 15.4. The van der Waals surface area contributed by atoms with Crippen molar-refractivity contribution in [1.29, 1.82) is 0 Å². The van der Waals surface area contributed by atoms with Crippen LogP contribution in [0.15, 0.2) is 34.8 Å². The van der Waals surface area contributed by atoms with Crippen LogP contribution in [0.1, 0.15) is 31.0 Å². The van der Waals surface area contributed by atoms with E-state index < -0.39 is 0 Å². The molecule has 2 aromatic rings. The van der Waals surface area contributed by atoms with Crippen molar-refractivity contribution in [3.05, 3.63) is 51.9 Å². The molecule has 2 rings (SSSR count). The SMILES string of the molecule is CNCc1cc(Oc2ccc(F)c(Br)c2)nc(C(C)C)c1. The molecule has 0 aliphatic heterocycles. The number of nitrogens with one attached hydrogen (secondary N) is 1. The molecule has 0 bridgehead atoms. The number of benzene rings is 1. The van der Waals surface area contributed by atoms with Gasteiger partial charge in [0.1, 0.15) is 11.6 Å². The summed E-state index contributed by atoms with van der Waals surface area (Å²) < 4.78 is 19.4. The molecule has 1 aromatic carbocycles. The first kappa shape index (κ1) is 15.9. The highest BCUT2D eigenvalue weighted by Gasteiger charge is 2.09. The maximum Gasteiger partial charge on any atom is 0.219 e. The Bertz CT molecular complexity index is 632. The third kappa shape index (κ3) is 4.25. The lowest BCUT2D eigenvalue weighted by atomic mass is 10.1. The van der Waals surface area contributed by atoms with Crippen LogP contribution in [0.4, 0.5) is 4.39 Å². The van der Waals surface area contributed by atoms with Gasteiger partial charge in [-0.05, 0) is 58.7 Å². The van der Waals surface area contributed by atoms with Crippen molar-refractivity contribution in [2.45, 2.75) is 26.3 Å². The normalized spacial score (nSPS) is 11.0. The third-order valence-corrected chi connectivity index (χ3v) is 3.58. The Morgan fingerprint density at radius 3 is 2.67 bits per heavy atom. The average Bonchev–Trinajstić information content (AvgIpc) is 2.43. The molecule has 1 heterocycles. The first-order valence-electron chi connectivity index (χ1n) is 6.78. The van der Waals surface area contributed by atoms with Crippen LogP contribution in [0.3, 0.4) is 0 Å². The van der Waals surface area contributed by atoms with Crippen LogP contribution in [0.5, 0.6) is 11.6 Å². The van der Waals surface area contributed by atoms with Crippen molar-refractivity contribution in [1.82, 2.24) is 10.3 Å². The van der Waals surface area contributed by atoms with Crippen LogP contribution >= 0.6 is 15.9 Å². The molecule has 112 valence electrons. The largest absolute Gasteiger partial charge is 0.439 e. The molecule has 0 radical (unpaired) electrons. The van der Waals surface area contributed by atoms with Crippen LogP contribution in [0.25, 0.3) is 0 Å². The zero-order valence-corrected chi connectivity index (χ0v) is 13.9. The van der Waals surface area contributed by atoms with Crippen LogP contribution in [-0.4, -0.2) is 12.0 Å². The van der Waals surface area contributed by atoms with E-state index in [4.69, 9.17) is 4.74 Å². The maximum atomic E-state index is 13.2. The molecule has 5 heteroatoms. The van der Waals surface area contributed by atoms with Crippen molar-refractivity contribution >= 4 is 15.9 Å². The van der Waals surface area contributed by atoms with Gasteiger partial charge in [-0.2, -0.15) is 0 Å². The Balaban J connectivity index is 2.31. The second-order valence-electron chi connectivity index (χ2n) is 5.10. The fraction of sp³-hybridized carbons (Fsp3) is 0.312. The Morgan fingerprint density at radius 1 is 1.29 bits per heavy atom. The summed E-state index contributed by atoms with van der Waals surface area (Å²) in [7, 11) is 1.90. The van der Waals surface area contributed by atoms with Gasteiger partial charge < -0.3 is 10.1 Å². The Morgan fingerprint density at radius 2 is 2.05 bits per heavy atom. The lowest BCUT2D eigenvalue weighted by molar-refractivity contribution is 0.456. The van der Waals surface area contributed by atoms with E-state index in [0.29, 0.717) is 22.0 Å². The molecule has 0 saturated carbocycles. The molecule has 1 N–H and O–H groups in total. The van der Waals surface area contributed by atoms with E-state index >= 15 is 0 Å². The molecule has 0 amide bonds. The quantitative estimate of drug-likeness (QED) is 0.852. The van der Waals surface area contributed by atoms with Gasteiger partial charge in [-0.3, -0.25) is 0 Å². The Hall–Kier alpha value is -1.46. The minimum atomic E-state index is -0.317. The van der Waals surface area contributed by atoms with Gasteiger partial charge in [0.25, 0.3) is 0 Å².